The molecule has 1 aromatic heterocycles. The molecule has 0 bridgehead atoms. The van der Waals surface area contributed by atoms with Gasteiger partial charge in [0.25, 0.3) is 5.56 Å². The monoisotopic (exact) mass is 346 g/mol. The van der Waals surface area contributed by atoms with Gasteiger partial charge < -0.3 is 9.84 Å². The zero-order valence-corrected chi connectivity index (χ0v) is 13.4. The fourth-order valence-corrected chi connectivity index (χ4v) is 2.64. The van der Waals surface area contributed by atoms with Crippen molar-refractivity contribution in [3.05, 3.63) is 70.3 Å². The van der Waals surface area contributed by atoms with Gasteiger partial charge in [0, 0.05) is 0 Å². The molecule has 0 fully saturated rings. The Labute approximate surface area is 142 Å². The molecule has 0 aliphatic heterocycles. The van der Waals surface area contributed by atoms with E-state index < -0.39 is 12.7 Å². The van der Waals surface area contributed by atoms with Crippen LogP contribution in [0.5, 0.6) is 5.75 Å². The van der Waals surface area contributed by atoms with Gasteiger partial charge in [-0.3, -0.25) is 9.36 Å². The van der Waals surface area contributed by atoms with E-state index in [2.05, 4.69) is 9.72 Å². The predicted molar refractivity (Wildman–Crippen MR) is 88.8 cm³/mol. The first-order valence-electron chi connectivity index (χ1n) is 7.64. The Morgan fingerprint density at radius 2 is 1.84 bits per heavy atom. The third-order valence-corrected chi connectivity index (χ3v) is 3.90. The Morgan fingerprint density at radius 3 is 2.52 bits per heavy atom. The molecule has 1 heterocycles. The molecule has 5 nitrogen and oxygen atoms in total. The van der Waals surface area contributed by atoms with Gasteiger partial charge in [-0.15, -0.1) is 0 Å². The maximum atomic E-state index is 12.6. The summed E-state index contributed by atoms with van der Waals surface area (Å²) in [7, 11) is 0. The summed E-state index contributed by atoms with van der Waals surface area (Å²) >= 11 is 0. The first-order valence-corrected chi connectivity index (χ1v) is 7.64. The van der Waals surface area contributed by atoms with Gasteiger partial charge in [0.1, 0.15) is 11.6 Å². The van der Waals surface area contributed by atoms with E-state index in [1.807, 2.05) is 0 Å². The molecule has 0 unspecified atom stereocenters. The highest BCUT2D eigenvalue weighted by Crippen LogP contribution is 2.21. The molecular weight excluding hydrogens is 330 g/mol. The van der Waals surface area contributed by atoms with Gasteiger partial charge in [-0.2, -0.15) is 8.78 Å². The summed E-state index contributed by atoms with van der Waals surface area (Å²) in [6, 6.07) is 12.7. The number of fused-ring (bicyclic) bond motifs is 1. The molecule has 0 aliphatic carbocycles. The van der Waals surface area contributed by atoms with E-state index in [0.717, 1.165) is 0 Å². The fourth-order valence-electron chi connectivity index (χ4n) is 2.64. The van der Waals surface area contributed by atoms with E-state index in [1.165, 1.54) is 28.8 Å². The van der Waals surface area contributed by atoms with Gasteiger partial charge in [-0.1, -0.05) is 24.3 Å². The minimum absolute atomic E-state index is 0.00618. The van der Waals surface area contributed by atoms with Gasteiger partial charge >= 0.3 is 6.61 Å². The van der Waals surface area contributed by atoms with Gasteiger partial charge in [0.2, 0.25) is 0 Å². The number of halogens is 2. The lowest BCUT2D eigenvalue weighted by molar-refractivity contribution is -0.0498. The smallest absolute Gasteiger partial charge is 0.387 e. The molecule has 2 aromatic carbocycles. The fraction of sp³-hybridized carbons (Fsp3) is 0.222. The predicted octanol–water partition coefficient (Wildman–Crippen LogP) is 3.04. The summed E-state index contributed by atoms with van der Waals surface area (Å²) in [5, 5.41) is 10.9. The zero-order chi connectivity index (χ0) is 18.0. The van der Waals surface area contributed by atoms with E-state index in [0.29, 0.717) is 22.3 Å². The van der Waals surface area contributed by atoms with Crippen LogP contribution in [0.25, 0.3) is 10.9 Å². The SMILES string of the molecule is Cc1nc2ccccc2c(=O)n1C[C@H](O)c1ccc(OC(F)F)cc1. The van der Waals surface area contributed by atoms with Crippen molar-refractivity contribution in [3.8, 4) is 5.75 Å². The Morgan fingerprint density at radius 1 is 1.16 bits per heavy atom. The number of aliphatic hydroxyl groups excluding tert-OH is 1. The number of para-hydroxylation sites is 1. The highest BCUT2D eigenvalue weighted by molar-refractivity contribution is 5.77. The van der Waals surface area contributed by atoms with Crippen molar-refractivity contribution in [1.29, 1.82) is 0 Å². The van der Waals surface area contributed by atoms with Crippen LogP contribution >= 0.6 is 0 Å². The molecule has 130 valence electrons. The highest BCUT2D eigenvalue weighted by Gasteiger charge is 2.14. The summed E-state index contributed by atoms with van der Waals surface area (Å²) in [5.74, 6) is 0.493. The van der Waals surface area contributed by atoms with Gasteiger partial charge in [0.15, 0.2) is 0 Å². The lowest BCUT2D eigenvalue weighted by Crippen LogP contribution is -2.26. The van der Waals surface area contributed by atoms with Crippen molar-refractivity contribution >= 4 is 10.9 Å². The minimum atomic E-state index is -2.90. The highest BCUT2D eigenvalue weighted by atomic mass is 19.3. The number of ether oxygens (including phenoxy) is 1. The molecule has 0 amide bonds. The van der Waals surface area contributed by atoms with E-state index in [9.17, 15) is 18.7 Å². The molecule has 0 saturated heterocycles. The molecule has 7 heteroatoms. The number of aromatic nitrogens is 2. The van der Waals surface area contributed by atoms with Crippen LogP contribution in [0.2, 0.25) is 0 Å². The van der Waals surface area contributed by atoms with Crippen molar-refractivity contribution in [1.82, 2.24) is 9.55 Å². The number of rotatable bonds is 5. The van der Waals surface area contributed by atoms with E-state index >= 15 is 0 Å². The van der Waals surface area contributed by atoms with Gasteiger partial charge in [0.05, 0.1) is 23.6 Å². The lowest BCUT2D eigenvalue weighted by atomic mass is 10.1. The maximum absolute atomic E-state index is 12.6. The molecular formula is C18H16F2N2O3. The first kappa shape index (κ1) is 17.0. The molecule has 0 saturated carbocycles. The number of hydrogen-bond acceptors (Lipinski definition) is 4. The number of nitrogens with zero attached hydrogens (tertiary/aromatic N) is 2. The lowest BCUT2D eigenvalue weighted by Gasteiger charge is -2.16. The summed E-state index contributed by atoms with van der Waals surface area (Å²) in [5.41, 5.74) is 0.852. The summed E-state index contributed by atoms with van der Waals surface area (Å²) < 4.78 is 30.0. The second-order valence-electron chi connectivity index (χ2n) is 5.56. The summed E-state index contributed by atoms with van der Waals surface area (Å²) in [6.45, 7) is -1.20. The molecule has 0 spiro atoms. The molecule has 25 heavy (non-hydrogen) atoms. The number of aryl methyl sites for hydroxylation is 1. The largest absolute Gasteiger partial charge is 0.435 e. The van der Waals surface area contributed by atoms with Gasteiger partial charge in [-0.25, -0.2) is 4.98 Å². The van der Waals surface area contributed by atoms with Crippen LogP contribution in [0.15, 0.2) is 53.3 Å². The number of hydrogen-bond donors (Lipinski definition) is 1. The third kappa shape index (κ3) is 3.66. The molecule has 3 rings (SSSR count). The number of benzene rings is 2. The van der Waals surface area contributed by atoms with Crippen molar-refractivity contribution in [2.45, 2.75) is 26.2 Å². The second kappa shape index (κ2) is 6.98. The standard InChI is InChI=1S/C18H16F2N2O3/c1-11-21-15-5-3-2-4-14(15)17(24)22(11)10-16(23)12-6-8-13(9-7-12)25-18(19)20/h2-9,16,18,23H,10H2,1H3/t16-/m0/s1. The Hall–Kier alpha value is -2.80. The topological polar surface area (TPSA) is 64.4 Å². The van der Waals surface area contributed by atoms with Crippen molar-refractivity contribution < 1.29 is 18.6 Å². The summed E-state index contributed by atoms with van der Waals surface area (Å²) in [6.07, 6.45) is -0.986. The van der Waals surface area contributed by atoms with Crippen LogP contribution in [-0.2, 0) is 6.54 Å². The second-order valence-corrected chi connectivity index (χ2v) is 5.56. The normalized spacial score (nSPS) is 12.5. The minimum Gasteiger partial charge on any atom is -0.435 e. The Balaban J connectivity index is 1.87. The Bertz CT molecular complexity index is 939. The molecule has 0 radical (unpaired) electrons. The third-order valence-electron chi connectivity index (χ3n) is 3.90. The van der Waals surface area contributed by atoms with E-state index in [1.54, 1.807) is 31.2 Å². The van der Waals surface area contributed by atoms with Gasteiger partial charge in [-0.05, 0) is 36.8 Å². The maximum Gasteiger partial charge on any atom is 0.387 e. The number of alkyl halides is 2. The zero-order valence-electron chi connectivity index (χ0n) is 13.4. The van der Waals surface area contributed by atoms with Crippen LogP contribution in [0.4, 0.5) is 8.78 Å². The van der Waals surface area contributed by atoms with E-state index in [4.69, 9.17) is 0 Å². The molecule has 1 atom stereocenters. The Kier molecular flexibility index (Phi) is 4.76. The molecule has 0 aliphatic rings. The average Bonchev–Trinajstić information content (AvgIpc) is 2.58. The van der Waals surface area contributed by atoms with Crippen molar-refractivity contribution in [3.63, 3.8) is 0 Å². The van der Waals surface area contributed by atoms with Crippen LogP contribution in [0.1, 0.15) is 17.5 Å². The van der Waals surface area contributed by atoms with Crippen LogP contribution in [0, 0.1) is 6.92 Å². The van der Waals surface area contributed by atoms with E-state index in [-0.39, 0.29) is 17.9 Å². The molecule has 1 N–H and O–H groups in total. The number of aliphatic hydroxyl groups is 1. The van der Waals surface area contributed by atoms with Crippen LogP contribution < -0.4 is 10.3 Å². The quantitative estimate of drug-likeness (QED) is 0.771. The van der Waals surface area contributed by atoms with Crippen LogP contribution in [0.3, 0.4) is 0 Å². The average molecular weight is 346 g/mol. The summed E-state index contributed by atoms with van der Waals surface area (Å²) in [4.78, 5) is 17.0. The van der Waals surface area contributed by atoms with Crippen LogP contribution in [-0.4, -0.2) is 21.3 Å². The first-order chi connectivity index (χ1) is 12.0. The van der Waals surface area contributed by atoms with Crippen molar-refractivity contribution in [2.24, 2.45) is 0 Å². The molecule has 3 aromatic rings. The van der Waals surface area contributed by atoms with Crippen molar-refractivity contribution in [2.75, 3.05) is 0 Å².